The third kappa shape index (κ3) is 2.46. The van der Waals surface area contributed by atoms with Gasteiger partial charge >= 0.3 is 0 Å². The Labute approximate surface area is 176 Å². The summed E-state index contributed by atoms with van der Waals surface area (Å²) in [7, 11) is 0. The van der Waals surface area contributed by atoms with Crippen LogP contribution in [0.4, 0.5) is 0 Å². The third-order valence-electron chi connectivity index (χ3n) is 5.33. The molecule has 0 aliphatic heterocycles. The molecular formula is C22H12N2O8. The van der Waals surface area contributed by atoms with E-state index in [2.05, 4.69) is 0 Å². The van der Waals surface area contributed by atoms with E-state index in [4.69, 9.17) is 0 Å². The zero-order chi connectivity index (χ0) is 22.9. The summed E-state index contributed by atoms with van der Waals surface area (Å²) in [5.74, 6) is -1.92. The molecule has 0 fully saturated rings. The fourth-order valence-corrected chi connectivity index (χ4v) is 3.74. The molecule has 10 heteroatoms. The predicted molar refractivity (Wildman–Crippen MR) is 114 cm³/mol. The summed E-state index contributed by atoms with van der Waals surface area (Å²) in [6.07, 6.45) is 0. The Balaban J connectivity index is 1.83. The van der Waals surface area contributed by atoms with E-state index in [1.54, 1.807) is 0 Å². The smallest absolute Gasteiger partial charge is 0.266 e. The fraction of sp³-hybridized carbons (Fsp3) is 0. The number of phenolic OH excluding ortho intramolecular Hbond substituents is 4. The number of nitrogens with zero attached hydrogens (tertiary/aromatic N) is 2. The summed E-state index contributed by atoms with van der Waals surface area (Å²) in [5.41, 5.74) is -3.05. The first-order chi connectivity index (χ1) is 15.2. The van der Waals surface area contributed by atoms with Crippen LogP contribution in [0.5, 0.6) is 23.0 Å². The van der Waals surface area contributed by atoms with Crippen LogP contribution in [0.3, 0.4) is 0 Å². The molecule has 0 amide bonds. The van der Waals surface area contributed by atoms with E-state index in [1.807, 2.05) is 0 Å². The summed E-state index contributed by atoms with van der Waals surface area (Å²) >= 11 is 0. The standard InChI is InChI=1S/C22H12N2O8/c25-15-3-1-9(5-17(15)27)23-19(29)11-7-13-14(8-12(11)20(23)30)22(32)24(21(13)31)10-2-4-16(26)18(28)6-10/h1-8,25-28H. The van der Waals surface area contributed by atoms with Gasteiger partial charge in [0.15, 0.2) is 23.0 Å². The normalized spacial score (nSPS) is 11.5. The molecule has 0 saturated carbocycles. The summed E-state index contributed by atoms with van der Waals surface area (Å²) in [6.45, 7) is 0. The minimum absolute atomic E-state index is 0.00510. The van der Waals surface area contributed by atoms with Crippen molar-refractivity contribution in [3.8, 4) is 34.4 Å². The highest BCUT2D eigenvalue weighted by Gasteiger charge is 2.21. The topological polar surface area (TPSA) is 159 Å². The molecule has 0 aliphatic rings. The van der Waals surface area contributed by atoms with Gasteiger partial charge in [0.2, 0.25) is 0 Å². The Morgan fingerprint density at radius 1 is 0.438 bits per heavy atom. The van der Waals surface area contributed by atoms with Crippen LogP contribution in [0, 0.1) is 0 Å². The van der Waals surface area contributed by atoms with Crippen molar-refractivity contribution >= 4 is 21.5 Å². The van der Waals surface area contributed by atoms with E-state index in [0.717, 1.165) is 45.5 Å². The zero-order valence-corrected chi connectivity index (χ0v) is 15.9. The average molecular weight is 432 g/mol. The van der Waals surface area contributed by atoms with E-state index in [1.165, 1.54) is 12.1 Å². The minimum Gasteiger partial charge on any atom is -0.504 e. The molecular weight excluding hydrogens is 420 g/mol. The van der Waals surface area contributed by atoms with Crippen LogP contribution in [0.25, 0.3) is 32.9 Å². The van der Waals surface area contributed by atoms with Gasteiger partial charge in [-0.25, -0.2) is 9.13 Å². The van der Waals surface area contributed by atoms with E-state index >= 15 is 0 Å². The molecule has 0 saturated heterocycles. The first-order valence-corrected chi connectivity index (χ1v) is 9.18. The van der Waals surface area contributed by atoms with Crippen LogP contribution in [-0.4, -0.2) is 29.6 Å². The molecule has 0 spiro atoms. The maximum absolute atomic E-state index is 12.9. The number of benzene rings is 3. The van der Waals surface area contributed by atoms with Crippen molar-refractivity contribution in [1.29, 1.82) is 0 Å². The van der Waals surface area contributed by atoms with Gasteiger partial charge in [0.05, 0.1) is 32.9 Å². The zero-order valence-electron chi connectivity index (χ0n) is 15.9. The molecule has 2 heterocycles. The number of phenols is 4. The molecule has 32 heavy (non-hydrogen) atoms. The molecule has 3 aromatic carbocycles. The molecule has 0 atom stereocenters. The molecule has 0 radical (unpaired) electrons. The highest BCUT2D eigenvalue weighted by Crippen LogP contribution is 2.27. The number of hydrogen-bond acceptors (Lipinski definition) is 8. The molecule has 158 valence electrons. The molecule has 0 aliphatic carbocycles. The molecule has 5 rings (SSSR count). The van der Waals surface area contributed by atoms with Gasteiger partial charge in [-0.1, -0.05) is 0 Å². The van der Waals surface area contributed by atoms with Gasteiger partial charge in [0.1, 0.15) is 0 Å². The number of fused-ring (bicyclic) bond motifs is 2. The van der Waals surface area contributed by atoms with Gasteiger partial charge in [0.25, 0.3) is 22.2 Å². The summed E-state index contributed by atoms with van der Waals surface area (Å²) < 4.78 is 1.54. The van der Waals surface area contributed by atoms with Crippen LogP contribution >= 0.6 is 0 Å². The molecule has 4 N–H and O–H groups in total. The minimum atomic E-state index is -0.765. The van der Waals surface area contributed by atoms with Crippen LogP contribution in [0.1, 0.15) is 0 Å². The van der Waals surface area contributed by atoms with Crippen molar-refractivity contribution in [2.75, 3.05) is 0 Å². The predicted octanol–water partition coefficient (Wildman–Crippen LogP) is 0.713. The van der Waals surface area contributed by atoms with Crippen molar-refractivity contribution in [2.24, 2.45) is 0 Å². The maximum atomic E-state index is 12.9. The second kappa shape index (κ2) is 6.32. The van der Waals surface area contributed by atoms with Gasteiger partial charge in [-0.2, -0.15) is 0 Å². The second-order valence-corrected chi connectivity index (χ2v) is 7.18. The van der Waals surface area contributed by atoms with Gasteiger partial charge in [-0.3, -0.25) is 19.2 Å². The summed E-state index contributed by atoms with van der Waals surface area (Å²) in [6, 6.07) is 9.16. The third-order valence-corrected chi connectivity index (χ3v) is 5.33. The van der Waals surface area contributed by atoms with Gasteiger partial charge in [0, 0.05) is 12.1 Å². The Morgan fingerprint density at radius 3 is 1.03 bits per heavy atom. The molecule has 0 bridgehead atoms. The van der Waals surface area contributed by atoms with Crippen molar-refractivity contribution in [2.45, 2.75) is 0 Å². The molecule has 2 aromatic heterocycles. The number of aromatic hydroxyl groups is 4. The lowest BCUT2D eigenvalue weighted by molar-refractivity contribution is 0.403. The van der Waals surface area contributed by atoms with Crippen molar-refractivity contribution < 1.29 is 20.4 Å². The van der Waals surface area contributed by atoms with Crippen LogP contribution in [0.2, 0.25) is 0 Å². The Morgan fingerprint density at radius 2 is 0.750 bits per heavy atom. The van der Waals surface area contributed by atoms with Gasteiger partial charge in [-0.05, 0) is 36.4 Å². The first-order valence-electron chi connectivity index (χ1n) is 9.18. The number of hydrogen-bond donors (Lipinski definition) is 4. The van der Waals surface area contributed by atoms with E-state index in [9.17, 15) is 39.6 Å². The van der Waals surface area contributed by atoms with Crippen LogP contribution in [-0.2, 0) is 0 Å². The quantitative estimate of drug-likeness (QED) is 0.297. The number of rotatable bonds is 2. The van der Waals surface area contributed by atoms with Crippen molar-refractivity contribution in [3.05, 3.63) is 89.9 Å². The lowest BCUT2D eigenvalue weighted by Gasteiger charge is -2.02. The summed E-state index contributed by atoms with van der Waals surface area (Å²) in [4.78, 5) is 51.7. The largest absolute Gasteiger partial charge is 0.504 e. The van der Waals surface area contributed by atoms with Gasteiger partial charge < -0.3 is 20.4 Å². The lowest BCUT2D eigenvalue weighted by atomic mass is 10.1. The second-order valence-electron chi connectivity index (χ2n) is 7.18. The monoisotopic (exact) mass is 432 g/mol. The Kier molecular flexibility index (Phi) is 3.78. The van der Waals surface area contributed by atoms with Crippen LogP contribution in [0.15, 0.2) is 67.7 Å². The van der Waals surface area contributed by atoms with E-state index in [-0.39, 0.29) is 32.9 Å². The van der Waals surface area contributed by atoms with Gasteiger partial charge in [-0.15, -0.1) is 0 Å². The number of aromatic nitrogens is 2. The lowest BCUT2D eigenvalue weighted by Crippen LogP contribution is -2.24. The molecule has 10 nitrogen and oxygen atoms in total. The van der Waals surface area contributed by atoms with E-state index in [0.29, 0.717) is 0 Å². The summed E-state index contributed by atoms with van der Waals surface area (Å²) in [5, 5.41) is 37.9. The van der Waals surface area contributed by atoms with Crippen LogP contribution < -0.4 is 22.2 Å². The maximum Gasteiger partial charge on any atom is 0.266 e. The highest BCUT2D eigenvalue weighted by molar-refractivity contribution is 5.98. The Bertz CT molecular complexity index is 1590. The fourth-order valence-electron chi connectivity index (χ4n) is 3.74. The Hall–Kier alpha value is -4.86. The first kappa shape index (κ1) is 19.1. The van der Waals surface area contributed by atoms with Crippen molar-refractivity contribution in [1.82, 2.24) is 9.13 Å². The SMILES string of the molecule is O=c1c2cc3c(=O)n(-c4ccc(O)c(O)c4)c(=O)c3cc2c(=O)n1-c1ccc(O)c(O)c1. The molecule has 5 aromatic rings. The average Bonchev–Trinajstić information content (AvgIpc) is 3.15. The van der Waals surface area contributed by atoms with Crippen molar-refractivity contribution in [3.63, 3.8) is 0 Å². The molecule has 0 unspecified atom stereocenters. The highest BCUT2D eigenvalue weighted by atomic mass is 16.3. The van der Waals surface area contributed by atoms with E-state index < -0.39 is 45.2 Å².